The molecule has 0 saturated carbocycles. The predicted octanol–water partition coefficient (Wildman–Crippen LogP) is 0.606. The molecule has 0 unspecified atom stereocenters. The van der Waals surface area contributed by atoms with Crippen LogP contribution in [0.5, 0.6) is 0 Å². The normalized spacial score (nSPS) is 15.0. The van der Waals surface area contributed by atoms with E-state index in [-0.39, 0.29) is 23.9 Å². The number of hydrogen-bond acceptors (Lipinski definition) is 5. The summed E-state index contributed by atoms with van der Waals surface area (Å²) < 4.78 is 0. The zero-order chi connectivity index (χ0) is 17.8. The summed E-state index contributed by atoms with van der Waals surface area (Å²) in [5.74, 6) is 0.548. The van der Waals surface area contributed by atoms with E-state index >= 15 is 0 Å². The SMILES string of the molecule is Cc1[nH][nH]c(=O)c1CC(=O)NC1CCN(c2ncccc2C#N)CC1. The van der Waals surface area contributed by atoms with Gasteiger partial charge >= 0.3 is 0 Å². The fourth-order valence-electron chi connectivity index (χ4n) is 3.10. The molecule has 0 radical (unpaired) electrons. The Kier molecular flexibility index (Phi) is 4.84. The van der Waals surface area contributed by atoms with E-state index in [0.29, 0.717) is 22.6 Å². The minimum Gasteiger partial charge on any atom is -0.355 e. The van der Waals surface area contributed by atoms with Crippen molar-refractivity contribution in [1.82, 2.24) is 20.5 Å². The van der Waals surface area contributed by atoms with Gasteiger partial charge in [0.25, 0.3) is 5.56 Å². The molecule has 1 fully saturated rings. The number of pyridine rings is 1. The van der Waals surface area contributed by atoms with Gasteiger partial charge < -0.3 is 15.3 Å². The van der Waals surface area contributed by atoms with Crippen LogP contribution < -0.4 is 15.8 Å². The molecule has 25 heavy (non-hydrogen) atoms. The lowest BCUT2D eigenvalue weighted by atomic mass is 10.0. The Morgan fingerprint density at radius 2 is 2.20 bits per heavy atom. The van der Waals surface area contributed by atoms with E-state index in [0.717, 1.165) is 25.9 Å². The van der Waals surface area contributed by atoms with Gasteiger partial charge in [0.05, 0.1) is 12.0 Å². The average Bonchev–Trinajstić information content (AvgIpc) is 2.94. The summed E-state index contributed by atoms with van der Waals surface area (Å²) in [6.45, 7) is 3.21. The summed E-state index contributed by atoms with van der Waals surface area (Å²) in [5, 5.41) is 17.4. The smallest absolute Gasteiger partial charge is 0.267 e. The number of carbonyl (C=O) groups excluding carboxylic acids is 1. The van der Waals surface area contributed by atoms with Crippen molar-refractivity contribution < 1.29 is 4.79 Å². The van der Waals surface area contributed by atoms with Gasteiger partial charge in [-0.15, -0.1) is 0 Å². The van der Waals surface area contributed by atoms with Gasteiger partial charge in [-0.05, 0) is 31.9 Å². The molecule has 1 aliphatic rings. The predicted molar refractivity (Wildman–Crippen MR) is 92.2 cm³/mol. The first kappa shape index (κ1) is 16.8. The minimum absolute atomic E-state index is 0.0660. The van der Waals surface area contributed by atoms with Gasteiger partial charge in [0.2, 0.25) is 5.91 Å². The van der Waals surface area contributed by atoms with E-state index < -0.39 is 0 Å². The molecular weight excluding hydrogens is 320 g/mol. The Morgan fingerprint density at radius 3 is 2.84 bits per heavy atom. The number of aromatic amines is 2. The van der Waals surface area contributed by atoms with Crippen molar-refractivity contribution in [3.8, 4) is 6.07 Å². The number of anilines is 1. The average molecular weight is 340 g/mol. The number of nitrogens with one attached hydrogen (secondary N) is 3. The molecule has 0 bridgehead atoms. The minimum atomic E-state index is -0.248. The largest absolute Gasteiger partial charge is 0.355 e. The van der Waals surface area contributed by atoms with Crippen molar-refractivity contribution in [2.75, 3.05) is 18.0 Å². The summed E-state index contributed by atoms with van der Waals surface area (Å²) in [7, 11) is 0. The van der Waals surface area contributed by atoms with Crippen molar-refractivity contribution >= 4 is 11.7 Å². The highest BCUT2D eigenvalue weighted by Crippen LogP contribution is 2.21. The molecular formula is C17H20N6O2. The summed E-state index contributed by atoms with van der Waals surface area (Å²) >= 11 is 0. The zero-order valence-electron chi connectivity index (χ0n) is 14.0. The molecule has 0 spiro atoms. The number of rotatable bonds is 4. The molecule has 0 atom stereocenters. The molecule has 8 heteroatoms. The van der Waals surface area contributed by atoms with Crippen LogP contribution in [0.15, 0.2) is 23.1 Å². The first-order chi connectivity index (χ1) is 12.1. The first-order valence-electron chi connectivity index (χ1n) is 8.24. The number of aromatic nitrogens is 3. The van der Waals surface area contributed by atoms with E-state index in [1.165, 1.54) is 0 Å². The van der Waals surface area contributed by atoms with Crippen LogP contribution in [-0.4, -0.2) is 40.2 Å². The van der Waals surface area contributed by atoms with E-state index in [9.17, 15) is 14.9 Å². The molecule has 2 aromatic heterocycles. The highest BCUT2D eigenvalue weighted by atomic mass is 16.2. The molecule has 2 aromatic rings. The van der Waals surface area contributed by atoms with Crippen LogP contribution in [0.4, 0.5) is 5.82 Å². The van der Waals surface area contributed by atoms with Crippen LogP contribution in [0.1, 0.15) is 29.7 Å². The lowest BCUT2D eigenvalue weighted by Crippen LogP contribution is -2.45. The number of nitriles is 1. The zero-order valence-corrected chi connectivity index (χ0v) is 14.0. The fourth-order valence-corrected chi connectivity index (χ4v) is 3.10. The van der Waals surface area contributed by atoms with E-state index in [1.54, 1.807) is 25.3 Å². The second-order valence-electron chi connectivity index (χ2n) is 6.17. The Bertz CT molecular complexity index is 855. The Labute approximate surface area is 144 Å². The Balaban J connectivity index is 1.55. The standard InChI is InChI=1S/C17H20N6O2/c1-11-14(17(25)22-21-11)9-15(24)20-13-4-7-23(8-5-13)16-12(10-18)3-2-6-19-16/h2-3,6,13H,4-5,7-9H2,1H3,(H,20,24)(H2,21,22,25). The molecule has 130 valence electrons. The van der Waals surface area contributed by atoms with Crippen LogP contribution in [0, 0.1) is 18.3 Å². The van der Waals surface area contributed by atoms with E-state index in [1.807, 2.05) is 0 Å². The van der Waals surface area contributed by atoms with Gasteiger partial charge in [0.15, 0.2) is 0 Å². The topological polar surface area (TPSA) is 118 Å². The van der Waals surface area contributed by atoms with E-state index in [4.69, 9.17) is 0 Å². The van der Waals surface area contributed by atoms with Gasteiger partial charge in [0, 0.05) is 36.6 Å². The number of aryl methyl sites for hydroxylation is 1. The van der Waals surface area contributed by atoms with Crippen molar-refractivity contribution in [3.05, 3.63) is 45.5 Å². The van der Waals surface area contributed by atoms with Gasteiger partial charge in [-0.25, -0.2) is 4.98 Å². The van der Waals surface area contributed by atoms with Crippen LogP contribution in [0.3, 0.4) is 0 Å². The molecule has 1 amide bonds. The van der Waals surface area contributed by atoms with Crippen molar-refractivity contribution in [1.29, 1.82) is 5.26 Å². The molecule has 0 aromatic carbocycles. The van der Waals surface area contributed by atoms with Crippen LogP contribution in [0.25, 0.3) is 0 Å². The number of nitrogens with zero attached hydrogens (tertiary/aromatic N) is 3. The summed E-state index contributed by atoms with van der Waals surface area (Å²) in [6.07, 6.45) is 3.30. The van der Waals surface area contributed by atoms with Crippen LogP contribution in [0.2, 0.25) is 0 Å². The Morgan fingerprint density at radius 1 is 1.44 bits per heavy atom. The summed E-state index contributed by atoms with van der Waals surface area (Å²) in [4.78, 5) is 30.2. The number of hydrogen-bond donors (Lipinski definition) is 3. The molecule has 3 heterocycles. The van der Waals surface area contributed by atoms with Crippen molar-refractivity contribution in [3.63, 3.8) is 0 Å². The van der Waals surface area contributed by atoms with Crippen LogP contribution in [-0.2, 0) is 11.2 Å². The molecule has 0 aliphatic carbocycles. The maximum atomic E-state index is 12.2. The van der Waals surface area contributed by atoms with Gasteiger partial charge in [-0.1, -0.05) is 0 Å². The van der Waals surface area contributed by atoms with Crippen molar-refractivity contribution in [2.24, 2.45) is 0 Å². The number of piperidine rings is 1. The molecule has 1 aliphatic heterocycles. The van der Waals surface area contributed by atoms with Gasteiger partial charge in [-0.3, -0.25) is 14.7 Å². The number of carbonyl (C=O) groups is 1. The molecule has 1 saturated heterocycles. The quantitative estimate of drug-likeness (QED) is 0.753. The fraction of sp³-hybridized carbons (Fsp3) is 0.412. The first-order valence-corrected chi connectivity index (χ1v) is 8.24. The number of H-pyrrole nitrogens is 2. The monoisotopic (exact) mass is 340 g/mol. The lowest BCUT2D eigenvalue weighted by Gasteiger charge is -2.33. The van der Waals surface area contributed by atoms with Crippen LogP contribution >= 0.6 is 0 Å². The third-order valence-electron chi connectivity index (χ3n) is 4.49. The number of amides is 1. The Hall–Kier alpha value is -3.08. The second kappa shape index (κ2) is 7.21. The molecule has 8 nitrogen and oxygen atoms in total. The third kappa shape index (κ3) is 3.71. The van der Waals surface area contributed by atoms with Gasteiger partial charge in [0.1, 0.15) is 11.9 Å². The highest BCUT2D eigenvalue weighted by molar-refractivity contribution is 5.79. The molecule has 3 rings (SSSR count). The maximum Gasteiger partial charge on any atom is 0.267 e. The van der Waals surface area contributed by atoms with E-state index in [2.05, 4.69) is 31.5 Å². The molecule has 3 N–H and O–H groups in total. The third-order valence-corrected chi connectivity index (χ3v) is 4.49. The van der Waals surface area contributed by atoms with Gasteiger partial charge in [-0.2, -0.15) is 5.26 Å². The lowest BCUT2D eigenvalue weighted by molar-refractivity contribution is -0.121. The summed E-state index contributed by atoms with van der Waals surface area (Å²) in [6, 6.07) is 5.73. The van der Waals surface area contributed by atoms with Crippen molar-refractivity contribution in [2.45, 2.75) is 32.2 Å². The highest BCUT2D eigenvalue weighted by Gasteiger charge is 2.23. The maximum absolute atomic E-state index is 12.2. The second-order valence-corrected chi connectivity index (χ2v) is 6.17. The summed E-state index contributed by atoms with van der Waals surface area (Å²) in [5.41, 5.74) is 1.48.